The second-order valence-electron chi connectivity index (χ2n) is 4.28. The van der Waals surface area contributed by atoms with Crippen molar-refractivity contribution in [3.63, 3.8) is 0 Å². The van der Waals surface area contributed by atoms with E-state index in [-0.39, 0.29) is 11.8 Å². The first-order chi connectivity index (χ1) is 7.79. The van der Waals surface area contributed by atoms with Crippen LogP contribution in [0.3, 0.4) is 0 Å². The smallest absolute Gasteiger partial charge is 0.237 e. The summed E-state index contributed by atoms with van der Waals surface area (Å²) in [5, 5.41) is 15.2. The van der Waals surface area contributed by atoms with Crippen LogP contribution in [0.2, 0.25) is 0 Å². The number of nitrogens with one attached hydrogen (secondary N) is 2. The number of rotatable bonds is 0. The number of para-hydroxylation sites is 1. The van der Waals surface area contributed by atoms with Crippen LogP contribution in [-0.2, 0) is 10.2 Å². The summed E-state index contributed by atoms with van der Waals surface area (Å²) in [4.78, 5) is 12.1. The number of hydrogen-bond acceptors (Lipinski definition) is 3. The third kappa shape index (κ3) is 0.935. The molecule has 4 heteroatoms. The number of fused-ring (bicyclic) bond motifs is 2. The van der Waals surface area contributed by atoms with Gasteiger partial charge in [-0.25, -0.2) is 0 Å². The fourth-order valence-electron chi connectivity index (χ4n) is 2.73. The Morgan fingerprint density at radius 2 is 2.25 bits per heavy atom. The molecule has 80 valence electrons. The van der Waals surface area contributed by atoms with E-state index in [0.717, 1.165) is 11.3 Å². The molecular weight excluding hydrogens is 202 g/mol. The molecule has 0 unspecified atom stereocenters. The lowest BCUT2D eigenvalue weighted by molar-refractivity contribution is -0.120. The molecule has 1 saturated heterocycles. The van der Waals surface area contributed by atoms with Crippen LogP contribution in [0.4, 0.5) is 5.69 Å². The van der Waals surface area contributed by atoms with Crippen molar-refractivity contribution in [3.8, 4) is 6.07 Å². The van der Waals surface area contributed by atoms with Gasteiger partial charge in [0.2, 0.25) is 5.91 Å². The first-order valence-corrected chi connectivity index (χ1v) is 5.30. The van der Waals surface area contributed by atoms with Crippen LogP contribution in [0, 0.1) is 17.2 Å². The normalized spacial score (nSPS) is 31.2. The molecule has 2 N–H and O–H groups in total. The lowest BCUT2D eigenvalue weighted by Crippen LogP contribution is -2.41. The Labute approximate surface area is 93.3 Å². The van der Waals surface area contributed by atoms with Crippen molar-refractivity contribution in [1.82, 2.24) is 5.32 Å². The average Bonchev–Trinajstić information content (AvgIpc) is 2.85. The summed E-state index contributed by atoms with van der Waals surface area (Å²) in [5.41, 5.74) is 1.12. The highest BCUT2D eigenvalue weighted by molar-refractivity contribution is 6.07. The standard InChI is InChI=1S/C12H11N3O/c13-5-8-6-14-7-12(8)9-3-1-2-4-10(9)15-11(12)16/h1-4,8,14H,6-7H2,(H,15,16)/t8-,12-/m0/s1. The van der Waals surface area contributed by atoms with E-state index in [4.69, 9.17) is 5.26 Å². The Balaban J connectivity index is 2.21. The van der Waals surface area contributed by atoms with Crippen molar-refractivity contribution in [2.75, 3.05) is 18.4 Å². The van der Waals surface area contributed by atoms with Crippen LogP contribution in [0.5, 0.6) is 0 Å². The zero-order valence-electron chi connectivity index (χ0n) is 8.66. The lowest BCUT2D eigenvalue weighted by atomic mass is 9.74. The zero-order valence-corrected chi connectivity index (χ0v) is 8.66. The van der Waals surface area contributed by atoms with E-state index in [1.807, 2.05) is 24.3 Å². The third-order valence-corrected chi connectivity index (χ3v) is 3.56. The van der Waals surface area contributed by atoms with Crippen LogP contribution in [-0.4, -0.2) is 19.0 Å². The summed E-state index contributed by atoms with van der Waals surface area (Å²) >= 11 is 0. The maximum absolute atomic E-state index is 12.1. The molecule has 1 amide bonds. The van der Waals surface area contributed by atoms with Crippen molar-refractivity contribution in [3.05, 3.63) is 29.8 Å². The molecule has 1 spiro atoms. The van der Waals surface area contributed by atoms with E-state index in [1.54, 1.807) is 0 Å². The molecule has 0 aromatic heterocycles. The maximum Gasteiger partial charge on any atom is 0.237 e. The molecule has 0 radical (unpaired) electrons. The molecule has 2 heterocycles. The molecule has 0 aliphatic carbocycles. The van der Waals surface area contributed by atoms with E-state index >= 15 is 0 Å². The van der Waals surface area contributed by atoms with Gasteiger partial charge in [0.15, 0.2) is 0 Å². The average molecular weight is 213 g/mol. The van der Waals surface area contributed by atoms with Gasteiger partial charge in [0.05, 0.1) is 12.0 Å². The van der Waals surface area contributed by atoms with Crippen molar-refractivity contribution in [2.24, 2.45) is 5.92 Å². The SMILES string of the molecule is N#C[C@H]1CNC[C@]12C(=O)Nc1ccccc12. The van der Waals surface area contributed by atoms with Gasteiger partial charge < -0.3 is 10.6 Å². The minimum Gasteiger partial charge on any atom is -0.325 e. The van der Waals surface area contributed by atoms with Gasteiger partial charge in [0, 0.05) is 18.8 Å². The molecule has 1 aromatic carbocycles. The largest absolute Gasteiger partial charge is 0.325 e. The molecule has 2 aliphatic rings. The van der Waals surface area contributed by atoms with Crippen LogP contribution >= 0.6 is 0 Å². The van der Waals surface area contributed by atoms with E-state index in [2.05, 4.69) is 16.7 Å². The third-order valence-electron chi connectivity index (χ3n) is 3.56. The van der Waals surface area contributed by atoms with E-state index in [0.29, 0.717) is 13.1 Å². The molecule has 0 bridgehead atoms. The first-order valence-electron chi connectivity index (χ1n) is 5.30. The first kappa shape index (κ1) is 9.37. The van der Waals surface area contributed by atoms with Gasteiger partial charge in [0.1, 0.15) is 5.41 Å². The van der Waals surface area contributed by atoms with Gasteiger partial charge in [-0.1, -0.05) is 18.2 Å². The van der Waals surface area contributed by atoms with Crippen LogP contribution < -0.4 is 10.6 Å². The number of benzene rings is 1. The van der Waals surface area contributed by atoms with Crippen molar-refractivity contribution >= 4 is 11.6 Å². The van der Waals surface area contributed by atoms with E-state index < -0.39 is 5.41 Å². The van der Waals surface area contributed by atoms with Crippen molar-refractivity contribution in [1.29, 1.82) is 5.26 Å². The Morgan fingerprint density at radius 3 is 3.06 bits per heavy atom. The Kier molecular flexibility index (Phi) is 1.79. The maximum atomic E-state index is 12.1. The minimum atomic E-state index is -0.675. The Hall–Kier alpha value is -1.86. The van der Waals surface area contributed by atoms with Crippen LogP contribution in [0.15, 0.2) is 24.3 Å². The summed E-state index contributed by atoms with van der Waals surface area (Å²) in [5.74, 6) is -0.332. The van der Waals surface area contributed by atoms with Gasteiger partial charge in [-0.05, 0) is 11.6 Å². The molecule has 1 aromatic rings. The molecule has 0 saturated carbocycles. The van der Waals surface area contributed by atoms with Crippen molar-refractivity contribution < 1.29 is 4.79 Å². The summed E-state index contributed by atoms with van der Waals surface area (Å²) in [6.07, 6.45) is 0. The predicted molar refractivity (Wildman–Crippen MR) is 58.7 cm³/mol. The number of carbonyl (C=O) groups excluding carboxylic acids is 1. The number of hydrogen-bond donors (Lipinski definition) is 2. The second kappa shape index (κ2) is 3.06. The van der Waals surface area contributed by atoms with Gasteiger partial charge in [0.25, 0.3) is 0 Å². The molecule has 4 nitrogen and oxygen atoms in total. The highest BCUT2D eigenvalue weighted by Gasteiger charge is 2.55. The van der Waals surface area contributed by atoms with Gasteiger partial charge in [-0.2, -0.15) is 5.26 Å². The summed E-state index contributed by atoms with van der Waals surface area (Å²) in [6, 6.07) is 9.86. The minimum absolute atomic E-state index is 0.0507. The van der Waals surface area contributed by atoms with Crippen LogP contribution in [0.25, 0.3) is 0 Å². The lowest BCUT2D eigenvalue weighted by Gasteiger charge is -2.23. The van der Waals surface area contributed by atoms with Gasteiger partial charge in [-0.15, -0.1) is 0 Å². The molecular formula is C12H11N3O. The number of anilines is 1. The number of amides is 1. The Bertz CT molecular complexity index is 505. The fraction of sp³-hybridized carbons (Fsp3) is 0.333. The van der Waals surface area contributed by atoms with Crippen molar-refractivity contribution in [2.45, 2.75) is 5.41 Å². The molecule has 3 rings (SSSR count). The second-order valence-corrected chi connectivity index (χ2v) is 4.28. The molecule has 2 atom stereocenters. The quantitative estimate of drug-likeness (QED) is 0.664. The molecule has 2 aliphatic heterocycles. The summed E-state index contributed by atoms with van der Waals surface area (Å²) in [7, 11) is 0. The van der Waals surface area contributed by atoms with Crippen LogP contribution in [0.1, 0.15) is 5.56 Å². The molecule has 1 fully saturated rings. The van der Waals surface area contributed by atoms with E-state index in [1.165, 1.54) is 0 Å². The highest BCUT2D eigenvalue weighted by atomic mass is 16.2. The molecule has 16 heavy (non-hydrogen) atoms. The number of nitriles is 1. The Morgan fingerprint density at radius 1 is 1.44 bits per heavy atom. The fourth-order valence-corrected chi connectivity index (χ4v) is 2.73. The predicted octanol–water partition coefficient (Wildman–Crippen LogP) is 0.619. The summed E-state index contributed by atoms with van der Waals surface area (Å²) < 4.78 is 0. The summed E-state index contributed by atoms with van der Waals surface area (Å²) in [6.45, 7) is 1.13. The monoisotopic (exact) mass is 213 g/mol. The highest BCUT2D eigenvalue weighted by Crippen LogP contribution is 2.44. The topological polar surface area (TPSA) is 64.9 Å². The zero-order chi connectivity index (χ0) is 11.2. The number of carbonyl (C=O) groups is 1. The van der Waals surface area contributed by atoms with Gasteiger partial charge in [-0.3, -0.25) is 4.79 Å². The van der Waals surface area contributed by atoms with E-state index in [9.17, 15) is 4.79 Å². The van der Waals surface area contributed by atoms with Gasteiger partial charge >= 0.3 is 0 Å². The number of nitrogens with zero attached hydrogens (tertiary/aromatic N) is 1.